The van der Waals surface area contributed by atoms with Gasteiger partial charge < -0.3 is 32.7 Å². The number of benzene rings is 6. The molecule has 0 aromatic heterocycles. The van der Waals surface area contributed by atoms with Gasteiger partial charge in [0, 0.05) is 101 Å². The maximum absolute atomic E-state index is 12.5. The number of rotatable bonds is 10. The molecule has 8 aliphatic rings. The first-order valence-electron chi connectivity index (χ1n) is 29.8. The Balaban J connectivity index is 0.000000188. The van der Waals surface area contributed by atoms with E-state index in [1.54, 1.807) is 103 Å². The van der Waals surface area contributed by atoms with Crippen LogP contribution in [0.1, 0.15) is 132 Å². The van der Waals surface area contributed by atoms with Crippen molar-refractivity contribution < 1.29 is 106 Å². The number of ether oxygens (including phenoxy) is 1. The van der Waals surface area contributed by atoms with Crippen molar-refractivity contribution in [2.45, 2.75) is 50.7 Å². The van der Waals surface area contributed by atoms with Gasteiger partial charge in [0.15, 0.2) is 0 Å². The first-order chi connectivity index (χ1) is 44.5. The molecule has 4 fully saturated rings. The average Bonchev–Trinajstić information content (AvgIpc) is 1.66. The number of hydrogen-bond acceptors (Lipinski definition) is 14. The predicted molar refractivity (Wildman–Crippen MR) is 341 cm³/mol. The van der Waals surface area contributed by atoms with E-state index >= 15 is 0 Å². The number of carbonyl (C=O) groups is 12. The van der Waals surface area contributed by atoms with Gasteiger partial charge in [0.05, 0.1) is 50.1 Å². The van der Waals surface area contributed by atoms with E-state index in [0.29, 0.717) is 128 Å². The van der Waals surface area contributed by atoms with Crippen LogP contribution in [0, 0.1) is 30.6 Å². The fourth-order valence-electron chi connectivity index (χ4n) is 11.5. The number of alkyl halides is 4. The Bertz CT molecular complexity index is 3740. The number of imide groups is 3. The van der Waals surface area contributed by atoms with Crippen molar-refractivity contribution >= 4 is 99.3 Å². The van der Waals surface area contributed by atoms with E-state index in [1.807, 2.05) is 36.1 Å². The normalized spacial score (nSPS) is 19.3. The first kappa shape index (κ1) is 73.7. The molecular formula is C68H66BrClF3N8NaO13. The molecule has 492 valence electrons. The van der Waals surface area contributed by atoms with Crippen LogP contribution in [0.5, 0.6) is 0 Å². The fraction of sp³-hybridized carbons (Fsp3) is 0.294. The third-order valence-electron chi connectivity index (χ3n) is 16.4. The van der Waals surface area contributed by atoms with Crippen molar-refractivity contribution in [3.05, 3.63) is 212 Å². The maximum Gasteiger partial charge on any atom is 1.00 e. The Hall–Kier alpha value is -8.72. The second-order valence-electron chi connectivity index (χ2n) is 22.9. The summed E-state index contributed by atoms with van der Waals surface area (Å²) < 4.78 is 41.0. The van der Waals surface area contributed by atoms with Crippen molar-refractivity contribution in [1.82, 2.24) is 35.6 Å². The minimum Gasteiger partial charge on any atom is -1.00 e. The summed E-state index contributed by atoms with van der Waals surface area (Å²) in [5.74, 6) is -2.02. The summed E-state index contributed by atoms with van der Waals surface area (Å²) in [5.41, 5.74) is 10.8. The van der Waals surface area contributed by atoms with Crippen molar-refractivity contribution in [2.75, 3.05) is 52.4 Å². The fourth-order valence-corrected chi connectivity index (χ4v) is 12.0. The van der Waals surface area contributed by atoms with Crippen molar-refractivity contribution in [2.24, 2.45) is 29.4 Å². The molecular weight excluding hydrogens is 1330 g/mol. The number of cyclic esters (lactones) is 2. The number of nitrogens with zero attached hydrogens (tertiary/aromatic N) is 4. The van der Waals surface area contributed by atoms with Crippen LogP contribution in [0.25, 0.3) is 0 Å². The molecule has 21 nitrogen and oxygen atoms in total. The maximum atomic E-state index is 12.5. The van der Waals surface area contributed by atoms with E-state index in [2.05, 4.69) is 36.6 Å². The second kappa shape index (κ2) is 33.1. The van der Waals surface area contributed by atoms with E-state index in [9.17, 15) is 70.7 Å². The summed E-state index contributed by atoms with van der Waals surface area (Å²) in [6, 6.07) is 40.6. The third kappa shape index (κ3) is 17.8. The van der Waals surface area contributed by atoms with E-state index in [4.69, 9.17) is 5.73 Å². The number of amides is 10. The molecule has 0 saturated carbocycles. The van der Waals surface area contributed by atoms with Gasteiger partial charge in [-0.3, -0.25) is 62.6 Å². The Labute approximate surface area is 582 Å². The summed E-state index contributed by atoms with van der Waals surface area (Å²) in [5, 5.41) is 8.34. The zero-order valence-electron chi connectivity index (χ0n) is 52.7. The number of nitrogens with two attached hydrogens (primary N) is 1. The minimum atomic E-state index is -4.25. The van der Waals surface area contributed by atoms with Crippen molar-refractivity contribution in [3.63, 3.8) is 0 Å². The topological polar surface area (TPSA) is 289 Å². The molecule has 0 spiro atoms. The zero-order chi connectivity index (χ0) is 66.7. The molecule has 5 N–H and O–H groups in total. The van der Waals surface area contributed by atoms with Crippen molar-refractivity contribution in [3.8, 4) is 0 Å². The molecule has 8 aliphatic heterocycles. The smallest absolute Gasteiger partial charge is 1.00 e. The van der Waals surface area contributed by atoms with Gasteiger partial charge in [-0.05, 0) is 90.7 Å². The summed E-state index contributed by atoms with van der Waals surface area (Å²) in [6.45, 7) is 6.56. The number of nitrogens with one attached hydrogen (secondary N) is 3. The van der Waals surface area contributed by atoms with Gasteiger partial charge in [-0.1, -0.05) is 107 Å². The van der Waals surface area contributed by atoms with Crippen LogP contribution in [0.4, 0.5) is 13.2 Å². The van der Waals surface area contributed by atoms with Gasteiger partial charge in [0.25, 0.3) is 35.4 Å². The molecule has 0 aliphatic carbocycles. The molecule has 0 bridgehead atoms. The van der Waals surface area contributed by atoms with Crippen LogP contribution in [0.15, 0.2) is 146 Å². The van der Waals surface area contributed by atoms with Crippen LogP contribution in [0.3, 0.4) is 0 Å². The molecule has 14 rings (SSSR count). The number of aryl methyl sites for hydroxylation is 1. The summed E-state index contributed by atoms with van der Waals surface area (Å²) in [4.78, 5) is 146. The van der Waals surface area contributed by atoms with Crippen LogP contribution < -0.4 is 51.2 Å². The Morgan fingerprint density at radius 2 is 0.800 bits per heavy atom. The summed E-state index contributed by atoms with van der Waals surface area (Å²) in [6.07, 6.45) is -2.49. The van der Waals surface area contributed by atoms with Gasteiger partial charge in [-0.2, -0.15) is 13.2 Å². The number of carbonyl (C=O) groups excluding carboxylic acids is 12. The Morgan fingerprint density at radius 1 is 0.474 bits per heavy atom. The molecule has 8 heterocycles. The molecule has 95 heavy (non-hydrogen) atoms. The third-order valence-corrected chi connectivity index (χ3v) is 17.0. The Morgan fingerprint density at radius 3 is 1.12 bits per heavy atom. The molecule has 10 amide bonds. The van der Waals surface area contributed by atoms with Gasteiger partial charge in [0.1, 0.15) is 0 Å². The molecule has 4 saturated heterocycles. The van der Waals surface area contributed by atoms with E-state index in [1.165, 1.54) is 26.8 Å². The van der Waals surface area contributed by atoms with E-state index in [0.717, 1.165) is 23.7 Å². The number of halogens is 5. The molecule has 4 unspecified atom stereocenters. The van der Waals surface area contributed by atoms with E-state index in [-0.39, 0.29) is 131 Å². The largest absolute Gasteiger partial charge is 1.00 e. The van der Waals surface area contributed by atoms with Crippen LogP contribution in [-0.2, 0) is 42.0 Å². The average molecular weight is 1400 g/mol. The molecule has 27 heteroatoms. The number of fused-ring (bicyclic) bond motifs is 4. The van der Waals surface area contributed by atoms with Crippen LogP contribution in [0.2, 0.25) is 0 Å². The van der Waals surface area contributed by atoms with Crippen molar-refractivity contribution in [1.29, 1.82) is 0 Å². The molecule has 6 aromatic carbocycles. The molecule has 0 radical (unpaired) electrons. The SMILES string of the molecule is Cc1ccccc1CN1CC(CN2C(=O)c3ccccc3C2=O)CC1=O.Cl.FC(F)(F)c1ccccc1CBr.NCC1CNC(=O)C1.O=C1CC(CN2C(=O)c3ccccc3C2=O)CN1.O=C1CC(CN2C(=O)c3ccccc3C2=O)CN1.O=C1OC(=O)c2ccccc21.[H-].[Na+]. The van der Waals surface area contributed by atoms with Crippen LogP contribution >= 0.6 is 28.3 Å². The zero-order valence-corrected chi connectivity index (χ0v) is 56.1. The quantitative estimate of drug-likeness (QED) is 0.0476. The first-order valence-corrected chi connectivity index (χ1v) is 30.9. The summed E-state index contributed by atoms with van der Waals surface area (Å²) in [7, 11) is 0. The van der Waals surface area contributed by atoms with Gasteiger partial charge in [0.2, 0.25) is 23.6 Å². The number of esters is 2. The molecule has 4 atom stereocenters. The Kier molecular flexibility index (Phi) is 25.7. The standard InChI is InChI=1S/C21H20N2O3.2C13H12N2O3.C8H6BrF3.C8H4O3.C5H10N2O.ClH.Na.H/c1-14-6-2-3-7-16(14)13-22-11-15(10-19(22)24)12-23-20(25)17-8-4-5-9-18(17)21(23)26;2*16-11-5-8(6-14-11)7-15-12(17)9-3-1-2-4-10(9)13(15)18;9-5-6-3-1-2-4-7(6)8(10,11)12;9-7-5-3-1-2-4-6(5)8(10)11-7;6-2-4-1-5(8)7-3-4;;;/h2-9,15H,10-13H2,1H3;2*1-4,8H,5-7H2,(H,14,16);1-4H,5H2;1-4H;4H,1-3,6H2,(H,7,8);1H;;/q;;;;;;;+1;-1. The van der Waals surface area contributed by atoms with Gasteiger partial charge in [-0.15, -0.1) is 12.4 Å². The number of likely N-dealkylation sites (tertiary alicyclic amines) is 1. The number of hydrogen-bond donors (Lipinski definition) is 4. The second-order valence-corrected chi connectivity index (χ2v) is 23.5. The molecule has 6 aromatic rings. The van der Waals surface area contributed by atoms with Crippen LogP contribution in [-0.4, -0.2) is 143 Å². The minimum absolute atomic E-state index is 0. The monoisotopic (exact) mass is 1400 g/mol. The van der Waals surface area contributed by atoms with E-state index < -0.39 is 23.7 Å². The van der Waals surface area contributed by atoms with Gasteiger partial charge >= 0.3 is 47.7 Å². The van der Waals surface area contributed by atoms with Gasteiger partial charge in [-0.25, -0.2) is 9.59 Å². The predicted octanol–water partition coefficient (Wildman–Crippen LogP) is 4.69. The summed E-state index contributed by atoms with van der Waals surface area (Å²) >= 11 is 3.00.